The van der Waals surface area contributed by atoms with Gasteiger partial charge in [0.05, 0.1) is 0 Å². The van der Waals surface area contributed by atoms with Crippen LogP contribution in [-0.2, 0) is 4.79 Å². The third-order valence-electron chi connectivity index (χ3n) is 4.97. The summed E-state index contributed by atoms with van der Waals surface area (Å²) < 4.78 is 0. The summed E-state index contributed by atoms with van der Waals surface area (Å²) in [6.07, 6.45) is 8.25. The Balaban J connectivity index is 1.98. The fraction of sp³-hybridized carbons (Fsp3) is 0.619. The molecule has 2 N–H and O–H groups in total. The van der Waals surface area contributed by atoms with Crippen molar-refractivity contribution in [3.8, 4) is 0 Å². The highest BCUT2D eigenvalue weighted by Crippen LogP contribution is 2.17. The zero-order chi connectivity index (χ0) is 18.2. The highest BCUT2D eigenvalue weighted by Gasteiger charge is 2.26. The normalized spacial score (nSPS) is 17.4. The van der Waals surface area contributed by atoms with Crippen LogP contribution in [0.5, 0.6) is 0 Å². The Morgan fingerprint density at radius 2 is 1.68 bits per heavy atom. The molecule has 0 aromatic heterocycles. The molecule has 0 saturated heterocycles. The summed E-state index contributed by atoms with van der Waals surface area (Å²) in [5, 5.41) is 6.11. The maximum absolute atomic E-state index is 12.8. The average molecular weight is 344 g/mol. The van der Waals surface area contributed by atoms with Crippen LogP contribution in [-0.4, -0.2) is 23.9 Å². The van der Waals surface area contributed by atoms with Crippen LogP contribution in [0, 0.1) is 12.8 Å². The SMILES string of the molecule is Cc1cccc(C(=O)NC(C(=O)NC2CCCCCCC2)C(C)C)c1. The van der Waals surface area contributed by atoms with Crippen LogP contribution in [0.4, 0.5) is 0 Å². The molecule has 1 aromatic carbocycles. The molecule has 1 aliphatic carbocycles. The number of carbonyl (C=O) groups is 2. The molecule has 0 spiro atoms. The highest BCUT2D eigenvalue weighted by atomic mass is 16.2. The van der Waals surface area contributed by atoms with Gasteiger partial charge in [0.1, 0.15) is 6.04 Å². The molecule has 138 valence electrons. The quantitative estimate of drug-likeness (QED) is 0.849. The molecular weight excluding hydrogens is 312 g/mol. The average Bonchev–Trinajstić information content (AvgIpc) is 2.54. The summed E-state index contributed by atoms with van der Waals surface area (Å²) in [7, 11) is 0. The van der Waals surface area contributed by atoms with Crippen LogP contribution in [0.15, 0.2) is 24.3 Å². The fourth-order valence-electron chi connectivity index (χ4n) is 3.44. The van der Waals surface area contributed by atoms with Crippen molar-refractivity contribution in [1.82, 2.24) is 10.6 Å². The third kappa shape index (κ3) is 6.18. The molecule has 1 saturated carbocycles. The minimum absolute atomic E-state index is 0.0438. The van der Waals surface area contributed by atoms with Gasteiger partial charge in [0.25, 0.3) is 5.91 Å². The second-order valence-electron chi connectivity index (χ2n) is 7.62. The van der Waals surface area contributed by atoms with E-state index < -0.39 is 6.04 Å². The number of rotatable bonds is 5. The van der Waals surface area contributed by atoms with Crippen molar-refractivity contribution < 1.29 is 9.59 Å². The topological polar surface area (TPSA) is 58.2 Å². The van der Waals surface area contributed by atoms with Gasteiger partial charge in [0, 0.05) is 11.6 Å². The predicted molar refractivity (Wildman–Crippen MR) is 102 cm³/mol. The van der Waals surface area contributed by atoms with Crippen LogP contribution >= 0.6 is 0 Å². The van der Waals surface area contributed by atoms with Crippen molar-refractivity contribution in [2.45, 2.75) is 77.8 Å². The molecule has 1 aromatic rings. The summed E-state index contributed by atoms with van der Waals surface area (Å²) in [4.78, 5) is 25.3. The van der Waals surface area contributed by atoms with E-state index in [4.69, 9.17) is 0 Å². The number of benzene rings is 1. The van der Waals surface area contributed by atoms with Gasteiger partial charge in [0.2, 0.25) is 5.91 Å². The van der Waals surface area contributed by atoms with Crippen molar-refractivity contribution in [3.63, 3.8) is 0 Å². The second kappa shape index (κ2) is 9.59. The summed E-state index contributed by atoms with van der Waals surface area (Å²) in [6.45, 7) is 5.90. The van der Waals surface area contributed by atoms with E-state index in [2.05, 4.69) is 10.6 Å². The molecule has 25 heavy (non-hydrogen) atoms. The minimum atomic E-state index is -0.501. The molecule has 1 fully saturated rings. The highest BCUT2D eigenvalue weighted by molar-refractivity contribution is 5.97. The van der Waals surface area contributed by atoms with Gasteiger partial charge in [-0.2, -0.15) is 0 Å². The van der Waals surface area contributed by atoms with Gasteiger partial charge in [0.15, 0.2) is 0 Å². The van der Waals surface area contributed by atoms with E-state index >= 15 is 0 Å². The van der Waals surface area contributed by atoms with Gasteiger partial charge >= 0.3 is 0 Å². The Hall–Kier alpha value is -1.84. The zero-order valence-corrected chi connectivity index (χ0v) is 15.8. The maximum atomic E-state index is 12.8. The number of nitrogens with one attached hydrogen (secondary N) is 2. The molecule has 0 heterocycles. The van der Waals surface area contributed by atoms with Crippen LogP contribution in [0.1, 0.15) is 74.7 Å². The standard InChI is InChI=1S/C21H32N2O2/c1-15(2)19(23-20(24)17-11-9-10-16(3)14-17)21(25)22-18-12-7-5-4-6-8-13-18/h9-11,14-15,18-19H,4-8,12-13H2,1-3H3,(H,22,25)(H,23,24). The molecule has 2 amide bonds. The van der Waals surface area contributed by atoms with Gasteiger partial charge in [-0.05, 0) is 37.8 Å². The monoisotopic (exact) mass is 344 g/mol. The lowest BCUT2D eigenvalue weighted by molar-refractivity contribution is -0.124. The van der Waals surface area contributed by atoms with Crippen molar-refractivity contribution in [3.05, 3.63) is 35.4 Å². The first kappa shape index (κ1) is 19.5. The summed E-state index contributed by atoms with van der Waals surface area (Å²) in [5.74, 6) is -0.195. The maximum Gasteiger partial charge on any atom is 0.251 e. The Morgan fingerprint density at radius 1 is 1.04 bits per heavy atom. The molecule has 0 radical (unpaired) electrons. The minimum Gasteiger partial charge on any atom is -0.352 e. The predicted octanol–water partition coefficient (Wildman–Crippen LogP) is 3.98. The largest absolute Gasteiger partial charge is 0.352 e. The lowest BCUT2D eigenvalue weighted by Gasteiger charge is -2.26. The van der Waals surface area contributed by atoms with E-state index in [9.17, 15) is 9.59 Å². The fourth-order valence-corrected chi connectivity index (χ4v) is 3.44. The van der Waals surface area contributed by atoms with Crippen molar-refractivity contribution in [2.24, 2.45) is 5.92 Å². The first-order chi connectivity index (χ1) is 12.0. The van der Waals surface area contributed by atoms with Crippen molar-refractivity contribution in [2.75, 3.05) is 0 Å². The molecule has 0 bridgehead atoms. The number of hydrogen-bond acceptors (Lipinski definition) is 2. The Kier molecular flexibility index (Phi) is 7.48. The van der Waals surface area contributed by atoms with Crippen LogP contribution in [0.3, 0.4) is 0 Å². The molecule has 4 nitrogen and oxygen atoms in total. The lowest BCUT2D eigenvalue weighted by atomic mass is 9.95. The van der Waals surface area contributed by atoms with Crippen molar-refractivity contribution >= 4 is 11.8 Å². The first-order valence-electron chi connectivity index (χ1n) is 9.65. The van der Waals surface area contributed by atoms with Crippen LogP contribution in [0.25, 0.3) is 0 Å². The molecule has 1 atom stereocenters. The Bertz CT molecular complexity index is 575. The van der Waals surface area contributed by atoms with Crippen LogP contribution < -0.4 is 10.6 Å². The van der Waals surface area contributed by atoms with E-state index in [0.717, 1.165) is 18.4 Å². The van der Waals surface area contributed by atoms with Gasteiger partial charge < -0.3 is 10.6 Å². The van der Waals surface area contributed by atoms with Crippen LogP contribution in [0.2, 0.25) is 0 Å². The van der Waals surface area contributed by atoms with E-state index in [1.165, 1.54) is 32.1 Å². The third-order valence-corrected chi connectivity index (χ3v) is 4.97. The molecule has 1 unspecified atom stereocenters. The molecule has 4 heteroatoms. The second-order valence-corrected chi connectivity index (χ2v) is 7.62. The Morgan fingerprint density at radius 3 is 2.28 bits per heavy atom. The van der Waals surface area contributed by atoms with E-state index in [0.29, 0.717) is 5.56 Å². The van der Waals surface area contributed by atoms with Crippen molar-refractivity contribution in [1.29, 1.82) is 0 Å². The summed E-state index contributed by atoms with van der Waals surface area (Å²) in [5.41, 5.74) is 1.64. The van der Waals surface area contributed by atoms with E-state index in [1.807, 2.05) is 39.0 Å². The number of carbonyl (C=O) groups excluding carboxylic acids is 2. The first-order valence-corrected chi connectivity index (χ1v) is 9.65. The molecule has 2 rings (SSSR count). The smallest absolute Gasteiger partial charge is 0.251 e. The van der Waals surface area contributed by atoms with Gasteiger partial charge in [-0.15, -0.1) is 0 Å². The molecular formula is C21H32N2O2. The van der Waals surface area contributed by atoms with E-state index in [-0.39, 0.29) is 23.8 Å². The van der Waals surface area contributed by atoms with Gasteiger partial charge in [-0.1, -0.05) is 63.6 Å². The lowest BCUT2D eigenvalue weighted by Crippen LogP contribution is -2.52. The van der Waals surface area contributed by atoms with Gasteiger partial charge in [-0.25, -0.2) is 0 Å². The Labute approximate surface area is 151 Å². The number of hydrogen-bond donors (Lipinski definition) is 2. The zero-order valence-electron chi connectivity index (χ0n) is 15.8. The molecule has 0 aliphatic heterocycles. The number of amides is 2. The number of aryl methyl sites for hydroxylation is 1. The van der Waals surface area contributed by atoms with E-state index in [1.54, 1.807) is 6.07 Å². The summed E-state index contributed by atoms with van der Waals surface area (Å²) >= 11 is 0. The summed E-state index contributed by atoms with van der Waals surface area (Å²) in [6, 6.07) is 7.19. The van der Waals surface area contributed by atoms with Gasteiger partial charge in [-0.3, -0.25) is 9.59 Å². The molecule has 1 aliphatic rings.